The van der Waals surface area contributed by atoms with Gasteiger partial charge in [-0.1, -0.05) is 115 Å². The number of aliphatic hydroxyl groups is 4. The molecule has 9 nitrogen and oxygen atoms in total. The van der Waals surface area contributed by atoms with E-state index in [2.05, 4.69) is 38.2 Å². The molecule has 0 spiro atoms. The molecule has 9 heteroatoms. The van der Waals surface area contributed by atoms with E-state index >= 15 is 0 Å². The van der Waals surface area contributed by atoms with Crippen molar-refractivity contribution in [1.82, 2.24) is 0 Å². The predicted octanol–water partition coefficient (Wildman–Crippen LogP) is 7.86. The van der Waals surface area contributed by atoms with Crippen molar-refractivity contribution in [3.8, 4) is 0 Å². The first-order valence-electron chi connectivity index (χ1n) is 19.9. The van der Waals surface area contributed by atoms with E-state index in [1.807, 2.05) is 0 Å². The van der Waals surface area contributed by atoms with Crippen LogP contribution in [0.3, 0.4) is 0 Å². The summed E-state index contributed by atoms with van der Waals surface area (Å²) >= 11 is 0. The van der Waals surface area contributed by atoms with Gasteiger partial charge in [0.25, 0.3) is 0 Å². The summed E-state index contributed by atoms with van der Waals surface area (Å²) < 4.78 is 22.7. The van der Waals surface area contributed by atoms with Gasteiger partial charge >= 0.3 is 5.97 Å². The summed E-state index contributed by atoms with van der Waals surface area (Å²) in [6.07, 6.45) is 27.7. The third-order valence-electron chi connectivity index (χ3n) is 9.09. The molecule has 0 aromatic carbocycles. The van der Waals surface area contributed by atoms with Crippen LogP contribution in [0.2, 0.25) is 0 Å². The molecular weight excluding hydrogens is 624 g/mol. The van der Waals surface area contributed by atoms with Gasteiger partial charge in [0.15, 0.2) is 6.29 Å². The van der Waals surface area contributed by atoms with Crippen LogP contribution in [-0.2, 0) is 23.7 Å². The van der Waals surface area contributed by atoms with Gasteiger partial charge in [-0.15, -0.1) is 0 Å². The number of hydrogen-bond acceptors (Lipinski definition) is 9. The number of esters is 1. The molecule has 0 aromatic heterocycles. The second-order valence-corrected chi connectivity index (χ2v) is 13.7. The zero-order valence-corrected chi connectivity index (χ0v) is 31.2. The molecule has 1 heterocycles. The molecule has 0 saturated carbocycles. The number of ether oxygens (including phenoxy) is 4. The molecule has 6 unspecified atom stereocenters. The van der Waals surface area contributed by atoms with Gasteiger partial charge in [0.1, 0.15) is 30.5 Å². The molecular formula is C40H74O9. The van der Waals surface area contributed by atoms with E-state index in [-0.39, 0.29) is 19.2 Å². The van der Waals surface area contributed by atoms with Crippen LogP contribution < -0.4 is 0 Å². The standard InChI is InChI=1S/C40H74O9/c1-3-5-7-9-11-13-15-17-18-20-22-24-26-28-30-46-32-34(33-47-40-39(45)38(44)37(43)35(31-41)49-40)48-36(42)29-27-25-23-21-19-16-14-12-10-8-6-4-2/h12-15,34-35,37-41,43-45H,3-11,16-33H2,1-2H3/b14-12-,15-13-. The molecule has 0 aliphatic carbocycles. The van der Waals surface area contributed by atoms with Gasteiger partial charge in [-0.2, -0.15) is 0 Å². The molecule has 0 amide bonds. The molecule has 1 fully saturated rings. The van der Waals surface area contributed by atoms with E-state index < -0.39 is 43.4 Å². The fourth-order valence-corrected chi connectivity index (χ4v) is 5.89. The van der Waals surface area contributed by atoms with E-state index in [4.69, 9.17) is 18.9 Å². The maximum absolute atomic E-state index is 12.7. The van der Waals surface area contributed by atoms with Crippen molar-refractivity contribution >= 4 is 5.97 Å². The first kappa shape index (κ1) is 45.7. The third-order valence-corrected chi connectivity index (χ3v) is 9.09. The summed E-state index contributed by atoms with van der Waals surface area (Å²) in [5.41, 5.74) is 0. The maximum Gasteiger partial charge on any atom is 0.306 e. The zero-order valence-electron chi connectivity index (χ0n) is 31.2. The minimum absolute atomic E-state index is 0.117. The third kappa shape index (κ3) is 24.5. The van der Waals surface area contributed by atoms with Crippen molar-refractivity contribution in [1.29, 1.82) is 0 Å². The van der Waals surface area contributed by atoms with E-state index in [0.717, 1.165) is 44.9 Å². The Hall–Kier alpha value is -1.33. The Morgan fingerprint density at radius 3 is 1.69 bits per heavy atom. The Balaban J connectivity index is 2.33. The van der Waals surface area contributed by atoms with Crippen LogP contribution in [0.25, 0.3) is 0 Å². The lowest BCUT2D eigenvalue weighted by molar-refractivity contribution is -0.305. The Morgan fingerprint density at radius 2 is 1.12 bits per heavy atom. The Bertz CT molecular complexity index is 803. The lowest BCUT2D eigenvalue weighted by Gasteiger charge is -2.39. The monoisotopic (exact) mass is 699 g/mol. The predicted molar refractivity (Wildman–Crippen MR) is 196 cm³/mol. The Kier molecular flexibility index (Phi) is 30.4. The minimum atomic E-state index is -1.54. The molecule has 0 radical (unpaired) electrons. The highest BCUT2D eigenvalue weighted by Crippen LogP contribution is 2.22. The molecule has 0 aromatic rings. The van der Waals surface area contributed by atoms with Crippen molar-refractivity contribution in [2.24, 2.45) is 0 Å². The van der Waals surface area contributed by atoms with E-state index in [1.165, 1.54) is 96.3 Å². The molecule has 1 saturated heterocycles. The van der Waals surface area contributed by atoms with Crippen LogP contribution in [-0.4, -0.2) is 89.6 Å². The quantitative estimate of drug-likeness (QED) is 0.0307. The number of unbranched alkanes of at least 4 members (excludes halogenated alkanes) is 18. The molecule has 1 rings (SSSR count). The van der Waals surface area contributed by atoms with Gasteiger partial charge in [0, 0.05) is 13.0 Å². The second-order valence-electron chi connectivity index (χ2n) is 13.7. The molecule has 49 heavy (non-hydrogen) atoms. The summed E-state index contributed by atoms with van der Waals surface area (Å²) in [6.45, 7) is 4.49. The fraction of sp³-hybridized carbons (Fsp3) is 0.875. The molecule has 1 aliphatic heterocycles. The largest absolute Gasteiger partial charge is 0.457 e. The first-order chi connectivity index (χ1) is 23.9. The normalized spacial score (nSPS) is 22.0. The Labute approximate surface area is 298 Å². The molecule has 0 bridgehead atoms. The summed E-state index contributed by atoms with van der Waals surface area (Å²) in [6, 6.07) is 0. The van der Waals surface area contributed by atoms with Crippen LogP contribution in [0.5, 0.6) is 0 Å². The van der Waals surface area contributed by atoms with Crippen LogP contribution >= 0.6 is 0 Å². The average Bonchev–Trinajstić information content (AvgIpc) is 3.10. The number of carbonyl (C=O) groups excluding carboxylic acids is 1. The van der Waals surface area contributed by atoms with E-state index in [1.54, 1.807) is 0 Å². The summed E-state index contributed by atoms with van der Waals surface area (Å²) in [5.74, 6) is -0.327. The second kappa shape index (κ2) is 32.6. The SMILES string of the molecule is CCCCC/C=C\CCCCCCCC(=O)OC(COCCCCCCCC/C=C\CCCCCC)COC1OC(CO)C(O)C(O)C1O. The number of aliphatic hydroxyl groups excluding tert-OH is 4. The maximum atomic E-state index is 12.7. The van der Waals surface area contributed by atoms with E-state index in [0.29, 0.717) is 13.0 Å². The molecule has 4 N–H and O–H groups in total. The fourth-order valence-electron chi connectivity index (χ4n) is 5.89. The van der Waals surface area contributed by atoms with Crippen LogP contribution in [0.1, 0.15) is 162 Å². The van der Waals surface area contributed by atoms with Gasteiger partial charge in [-0.05, 0) is 64.2 Å². The van der Waals surface area contributed by atoms with Gasteiger partial charge in [0.2, 0.25) is 0 Å². The molecule has 6 atom stereocenters. The van der Waals surface area contributed by atoms with Crippen molar-refractivity contribution in [2.75, 3.05) is 26.4 Å². The zero-order chi connectivity index (χ0) is 35.8. The summed E-state index contributed by atoms with van der Waals surface area (Å²) in [5, 5.41) is 39.9. The topological polar surface area (TPSA) is 135 Å². The first-order valence-corrected chi connectivity index (χ1v) is 19.9. The van der Waals surface area contributed by atoms with Gasteiger partial charge in [-0.3, -0.25) is 4.79 Å². The Morgan fingerprint density at radius 1 is 0.633 bits per heavy atom. The molecule has 288 valence electrons. The van der Waals surface area contributed by atoms with Crippen molar-refractivity contribution < 1.29 is 44.2 Å². The van der Waals surface area contributed by atoms with Crippen LogP contribution in [0, 0.1) is 0 Å². The highest BCUT2D eigenvalue weighted by Gasteiger charge is 2.44. The summed E-state index contributed by atoms with van der Waals surface area (Å²) in [7, 11) is 0. The highest BCUT2D eigenvalue weighted by atomic mass is 16.7. The van der Waals surface area contributed by atoms with E-state index in [9.17, 15) is 25.2 Å². The van der Waals surface area contributed by atoms with Gasteiger partial charge in [0.05, 0.1) is 19.8 Å². The van der Waals surface area contributed by atoms with Gasteiger partial charge in [-0.25, -0.2) is 0 Å². The number of carbonyl (C=O) groups is 1. The van der Waals surface area contributed by atoms with Crippen molar-refractivity contribution in [3.05, 3.63) is 24.3 Å². The van der Waals surface area contributed by atoms with Crippen LogP contribution in [0.15, 0.2) is 24.3 Å². The number of rotatable bonds is 33. The van der Waals surface area contributed by atoms with Crippen molar-refractivity contribution in [3.63, 3.8) is 0 Å². The number of hydrogen-bond donors (Lipinski definition) is 4. The lowest BCUT2D eigenvalue weighted by atomic mass is 9.99. The smallest absolute Gasteiger partial charge is 0.306 e. The van der Waals surface area contributed by atoms with Gasteiger partial charge < -0.3 is 39.4 Å². The molecule has 1 aliphatic rings. The number of allylic oxidation sites excluding steroid dienone is 4. The highest BCUT2D eigenvalue weighted by molar-refractivity contribution is 5.69. The minimum Gasteiger partial charge on any atom is -0.457 e. The summed E-state index contributed by atoms with van der Waals surface area (Å²) in [4.78, 5) is 12.7. The van der Waals surface area contributed by atoms with Crippen LogP contribution in [0.4, 0.5) is 0 Å². The lowest BCUT2D eigenvalue weighted by Crippen LogP contribution is -2.59. The average molecular weight is 699 g/mol. The van der Waals surface area contributed by atoms with Crippen molar-refractivity contribution in [2.45, 2.75) is 198 Å².